The standard InChI is InChI=1S/C13H19BrN2O.ClH/c1-9-4-10(2-3-12(9)14)5-15-6-11-7-16-8-13(11)17;/h2-4,11,13,15-17H,5-8H2,1H3;1H. The molecule has 1 aliphatic heterocycles. The van der Waals surface area contributed by atoms with Gasteiger partial charge in [0, 0.05) is 36.6 Å². The van der Waals surface area contributed by atoms with E-state index >= 15 is 0 Å². The van der Waals surface area contributed by atoms with Gasteiger partial charge in [0.05, 0.1) is 6.10 Å². The Balaban J connectivity index is 0.00000162. The Bertz CT molecular complexity index is 389. The lowest BCUT2D eigenvalue weighted by molar-refractivity contribution is 0.146. The Kier molecular flexibility index (Phi) is 6.60. The first-order valence-electron chi connectivity index (χ1n) is 6.01. The fraction of sp³-hybridized carbons (Fsp3) is 0.538. The van der Waals surface area contributed by atoms with Crippen molar-refractivity contribution < 1.29 is 5.11 Å². The molecule has 2 rings (SSSR count). The van der Waals surface area contributed by atoms with Crippen LogP contribution >= 0.6 is 28.3 Å². The highest BCUT2D eigenvalue weighted by molar-refractivity contribution is 9.10. The third kappa shape index (κ3) is 4.21. The third-order valence-electron chi connectivity index (χ3n) is 3.26. The first kappa shape index (κ1) is 15.9. The topological polar surface area (TPSA) is 44.3 Å². The van der Waals surface area contributed by atoms with Crippen molar-refractivity contribution in [2.24, 2.45) is 5.92 Å². The number of halogens is 2. The summed E-state index contributed by atoms with van der Waals surface area (Å²) >= 11 is 3.50. The fourth-order valence-electron chi connectivity index (χ4n) is 2.15. The molecule has 0 amide bonds. The van der Waals surface area contributed by atoms with Crippen LogP contribution in [-0.2, 0) is 6.54 Å². The van der Waals surface area contributed by atoms with Gasteiger partial charge in [-0.2, -0.15) is 0 Å². The highest BCUT2D eigenvalue weighted by Gasteiger charge is 2.23. The third-order valence-corrected chi connectivity index (χ3v) is 4.15. The molecule has 1 saturated heterocycles. The van der Waals surface area contributed by atoms with Gasteiger partial charge >= 0.3 is 0 Å². The Labute approximate surface area is 123 Å². The number of rotatable bonds is 4. The number of hydrogen-bond donors (Lipinski definition) is 3. The van der Waals surface area contributed by atoms with E-state index in [4.69, 9.17) is 0 Å². The minimum absolute atomic E-state index is 0. The number of aryl methyl sites for hydroxylation is 1. The van der Waals surface area contributed by atoms with Crippen molar-refractivity contribution in [1.82, 2.24) is 10.6 Å². The zero-order valence-electron chi connectivity index (χ0n) is 10.4. The van der Waals surface area contributed by atoms with Crippen LogP contribution in [0.1, 0.15) is 11.1 Å². The van der Waals surface area contributed by atoms with E-state index in [9.17, 15) is 5.11 Å². The largest absolute Gasteiger partial charge is 0.391 e. The molecule has 1 aliphatic rings. The molecule has 1 fully saturated rings. The van der Waals surface area contributed by atoms with E-state index in [0.29, 0.717) is 5.92 Å². The maximum Gasteiger partial charge on any atom is 0.0716 e. The Morgan fingerprint density at radius 2 is 2.22 bits per heavy atom. The van der Waals surface area contributed by atoms with Crippen LogP contribution in [0.5, 0.6) is 0 Å². The van der Waals surface area contributed by atoms with Crippen molar-refractivity contribution in [2.45, 2.75) is 19.6 Å². The summed E-state index contributed by atoms with van der Waals surface area (Å²) in [6.07, 6.45) is -0.200. The molecule has 0 bridgehead atoms. The van der Waals surface area contributed by atoms with Crippen LogP contribution in [-0.4, -0.2) is 30.8 Å². The lowest BCUT2D eigenvalue weighted by Crippen LogP contribution is -2.30. The first-order chi connectivity index (χ1) is 8.16. The number of aliphatic hydroxyl groups is 1. The van der Waals surface area contributed by atoms with Gasteiger partial charge in [-0.3, -0.25) is 0 Å². The molecular formula is C13H20BrClN2O. The minimum atomic E-state index is -0.200. The molecule has 5 heteroatoms. The average molecular weight is 336 g/mol. The normalized spacial score (nSPS) is 22.8. The van der Waals surface area contributed by atoms with E-state index in [1.807, 2.05) is 0 Å². The Hall–Kier alpha value is -0.130. The molecule has 102 valence electrons. The minimum Gasteiger partial charge on any atom is -0.391 e. The summed E-state index contributed by atoms with van der Waals surface area (Å²) < 4.78 is 1.15. The lowest BCUT2D eigenvalue weighted by atomic mass is 10.1. The van der Waals surface area contributed by atoms with Crippen LogP contribution < -0.4 is 10.6 Å². The SMILES string of the molecule is Cc1cc(CNCC2CNCC2O)ccc1Br.Cl. The van der Waals surface area contributed by atoms with Crippen LogP contribution in [0.15, 0.2) is 22.7 Å². The maximum atomic E-state index is 9.66. The molecule has 1 heterocycles. The van der Waals surface area contributed by atoms with Gasteiger partial charge in [-0.15, -0.1) is 12.4 Å². The molecule has 0 aliphatic carbocycles. The lowest BCUT2D eigenvalue weighted by Gasteiger charge is -2.14. The molecule has 1 aromatic carbocycles. The van der Waals surface area contributed by atoms with Gasteiger partial charge in [0.25, 0.3) is 0 Å². The summed E-state index contributed by atoms with van der Waals surface area (Å²) in [5.74, 6) is 0.339. The van der Waals surface area contributed by atoms with Gasteiger partial charge in [0.1, 0.15) is 0 Å². The van der Waals surface area contributed by atoms with Crippen LogP contribution in [0.3, 0.4) is 0 Å². The van der Waals surface area contributed by atoms with Crippen molar-refractivity contribution in [3.05, 3.63) is 33.8 Å². The summed E-state index contributed by atoms with van der Waals surface area (Å²) in [7, 11) is 0. The van der Waals surface area contributed by atoms with Gasteiger partial charge in [0.2, 0.25) is 0 Å². The second-order valence-electron chi connectivity index (χ2n) is 4.70. The molecule has 0 spiro atoms. The van der Waals surface area contributed by atoms with Gasteiger partial charge in [-0.25, -0.2) is 0 Å². The molecule has 2 atom stereocenters. The monoisotopic (exact) mass is 334 g/mol. The molecule has 2 unspecified atom stereocenters. The molecule has 3 nitrogen and oxygen atoms in total. The number of benzene rings is 1. The van der Waals surface area contributed by atoms with E-state index in [-0.39, 0.29) is 18.5 Å². The van der Waals surface area contributed by atoms with E-state index in [1.54, 1.807) is 0 Å². The second-order valence-corrected chi connectivity index (χ2v) is 5.55. The summed E-state index contributed by atoms with van der Waals surface area (Å²) in [6.45, 7) is 5.45. The van der Waals surface area contributed by atoms with Gasteiger partial charge in [0.15, 0.2) is 0 Å². The van der Waals surface area contributed by atoms with Crippen molar-refractivity contribution in [2.75, 3.05) is 19.6 Å². The van der Waals surface area contributed by atoms with Crippen molar-refractivity contribution in [1.29, 1.82) is 0 Å². The van der Waals surface area contributed by atoms with E-state index in [2.05, 4.69) is 51.7 Å². The smallest absolute Gasteiger partial charge is 0.0716 e. The molecular weight excluding hydrogens is 316 g/mol. The van der Waals surface area contributed by atoms with E-state index in [1.165, 1.54) is 11.1 Å². The molecule has 18 heavy (non-hydrogen) atoms. The van der Waals surface area contributed by atoms with Gasteiger partial charge in [-0.1, -0.05) is 28.1 Å². The summed E-state index contributed by atoms with van der Waals surface area (Å²) in [6, 6.07) is 6.38. The number of β-amino-alcohol motifs (C(OH)–C–C–N with tert-alkyl or cyclic N) is 1. The first-order valence-corrected chi connectivity index (χ1v) is 6.80. The molecule has 3 N–H and O–H groups in total. The van der Waals surface area contributed by atoms with Crippen LogP contribution in [0.25, 0.3) is 0 Å². The second kappa shape index (κ2) is 7.46. The maximum absolute atomic E-state index is 9.66. The van der Waals surface area contributed by atoms with Gasteiger partial charge in [-0.05, 0) is 24.1 Å². The fourth-order valence-corrected chi connectivity index (χ4v) is 2.39. The summed E-state index contributed by atoms with van der Waals surface area (Å²) in [5, 5.41) is 16.3. The molecule has 0 saturated carbocycles. The van der Waals surface area contributed by atoms with Crippen molar-refractivity contribution >= 4 is 28.3 Å². The Morgan fingerprint density at radius 3 is 2.83 bits per heavy atom. The number of hydrogen-bond acceptors (Lipinski definition) is 3. The summed E-state index contributed by atoms with van der Waals surface area (Å²) in [5.41, 5.74) is 2.54. The number of nitrogens with one attached hydrogen (secondary N) is 2. The predicted octanol–water partition coefficient (Wildman–Crippen LogP) is 1.85. The highest BCUT2D eigenvalue weighted by Crippen LogP contribution is 2.17. The Morgan fingerprint density at radius 1 is 1.44 bits per heavy atom. The zero-order valence-corrected chi connectivity index (χ0v) is 12.9. The van der Waals surface area contributed by atoms with Crippen LogP contribution in [0.4, 0.5) is 0 Å². The zero-order chi connectivity index (χ0) is 12.3. The number of aliphatic hydroxyl groups excluding tert-OH is 1. The van der Waals surface area contributed by atoms with Crippen molar-refractivity contribution in [3.63, 3.8) is 0 Å². The molecule has 0 aromatic heterocycles. The van der Waals surface area contributed by atoms with Crippen LogP contribution in [0, 0.1) is 12.8 Å². The highest BCUT2D eigenvalue weighted by atomic mass is 79.9. The van der Waals surface area contributed by atoms with E-state index < -0.39 is 0 Å². The van der Waals surface area contributed by atoms with Crippen LogP contribution in [0.2, 0.25) is 0 Å². The quantitative estimate of drug-likeness (QED) is 0.787. The molecule has 0 radical (unpaired) electrons. The average Bonchev–Trinajstić information content (AvgIpc) is 2.70. The molecule has 1 aromatic rings. The van der Waals surface area contributed by atoms with Crippen molar-refractivity contribution in [3.8, 4) is 0 Å². The summed E-state index contributed by atoms with van der Waals surface area (Å²) in [4.78, 5) is 0. The predicted molar refractivity (Wildman–Crippen MR) is 80.2 cm³/mol. The van der Waals surface area contributed by atoms with E-state index in [0.717, 1.165) is 30.7 Å². The van der Waals surface area contributed by atoms with Gasteiger partial charge < -0.3 is 15.7 Å².